The van der Waals surface area contributed by atoms with Crippen LogP contribution in [0.25, 0.3) is 0 Å². The summed E-state index contributed by atoms with van der Waals surface area (Å²) in [6, 6.07) is 15.3. The fourth-order valence-corrected chi connectivity index (χ4v) is 3.15. The number of nitrogens with one attached hydrogen (secondary N) is 2. The molecule has 0 spiro atoms. The van der Waals surface area contributed by atoms with Crippen molar-refractivity contribution in [2.45, 2.75) is 19.1 Å². The van der Waals surface area contributed by atoms with Crippen LogP contribution in [0.2, 0.25) is 0 Å². The van der Waals surface area contributed by atoms with Gasteiger partial charge in [-0.05, 0) is 12.5 Å². The van der Waals surface area contributed by atoms with E-state index < -0.39 is 16.9 Å². The van der Waals surface area contributed by atoms with Gasteiger partial charge in [0, 0.05) is 11.8 Å². The van der Waals surface area contributed by atoms with Gasteiger partial charge in [0.2, 0.25) is 0 Å². The van der Waals surface area contributed by atoms with Crippen LogP contribution in [-0.2, 0) is 9.53 Å². The Morgan fingerprint density at radius 3 is 2.42 bits per heavy atom. The number of nitro groups is 1. The van der Waals surface area contributed by atoms with Crippen molar-refractivity contribution >= 4 is 11.7 Å². The largest absolute Gasteiger partial charge is 0.466 e. The maximum Gasteiger partial charge on any atom is 0.337 e. The molecule has 0 amide bonds. The summed E-state index contributed by atoms with van der Waals surface area (Å²) in [5.41, 5.74) is 2.27. The number of nitro benzene ring substituents is 1. The molecule has 26 heavy (non-hydrogen) atoms. The molecular formula is C19H19N3O4. The van der Waals surface area contributed by atoms with Crippen molar-refractivity contribution in [1.82, 2.24) is 10.6 Å². The minimum Gasteiger partial charge on any atom is -0.466 e. The first-order valence-electron chi connectivity index (χ1n) is 8.13. The molecule has 2 atom stereocenters. The first-order chi connectivity index (χ1) is 12.5. The Bertz CT molecular complexity index is 864. The fourth-order valence-electron chi connectivity index (χ4n) is 3.15. The molecule has 0 aliphatic carbocycles. The number of para-hydroxylation sites is 1. The second-order valence-electron chi connectivity index (χ2n) is 5.93. The molecule has 0 fully saturated rings. The van der Waals surface area contributed by atoms with E-state index in [2.05, 4.69) is 10.6 Å². The second kappa shape index (κ2) is 7.37. The van der Waals surface area contributed by atoms with Crippen molar-refractivity contribution in [3.63, 3.8) is 0 Å². The van der Waals surface area contributed by atoms with Gasteiger partial charge in [0.1, 0.15) is 6.17 Å². The van der Waals surface area contributed by atoms with Crippen molar-refractivity contribution < 1.29 is 14.5 Å². The molecule has 0 unspecified atom stereocenters. The standard InChI is InChI=1S/C19H19N3O4/c1-12-16(19(23)26-2)17(14-10-6-7-11-15(14)22(24)25)21-18(20-12)13-8-4-3-5-9-13/h3-11,17-18,20-21H,1-2H3/t17-,18-/m0/s1. The predicted octanol–water partition coefficient (Wildman–Crippen LogP) is 2.97. The highest BCUT2D eigenvalue weighted by molar-refractivity contribution is 5.91. The Kier molecular flexibility index (Phi) is 4.99. The third-order valence-corrected chi connectivity index (χ3v) is 4.37. The zero-order chi connectivity index (χ0) is 18.7. The van der Waals surface area contributed by atoms with Gasteiger partial charge in [-0.25, -0.2) is 4.79 Å². The number of nitrogens with zero attached hydrogens (tertiary/aromatic N) is 1. The van der Waals surface area contributed by atoms with E-state index in [0.29, 0.717) is 16.8 Å². The molecule has 7 nitrogen and oxygen atoms in total. The van der Waals surface area contributed by atoms with Gasteiger partial charge in [-0.3, -0.25) is 15.4 Å². The molecule has 0 radical (unpaired) electrons. The Labute approximate surface area is 150 Å². The summed E-state index contributed by atoms with van der Waals surface area (Å²) in [7, 11) is 1.29. The van der Waals surface area contributed by atoms with Crippen molar-refractivity contribution in [1.29, 1.82) is 0 Å². The number of rotatable bonds is 4. The van der Waals surface area contributed by atoms with E-state index in [9.17, 15) is 14.9 Å². The second-order valence-corrected chi connectivity index (χ2v) is 5.93. The smallest absolute Gasteiger partial charge is 0.337 e. The van der Waals surface area contributed by atoms with Crippen LogP contribution < -0.4 is 10.6 Å². The molecule has 2 N–H and O–H groups in total. The lowest BCUT2D eigenvalue weighted by molar-refractivity contribution is -0.385. The summed E-state index contributed by atoms with van der Waals surface area (Å²) in [5.74, 6) is -0.530. The summed E-state index contributed by atoms with van der Waals surface area (Å²) < 4.78 is 4.91. The van der Waals surface area contributed by atoms with Crippen molar-refractivity contribution in [3.8, 4) is 0 Å². The van der Waals surface area contributed by atoms with Crippen molar-refractivity contribution in [2.75, 3.05) is 7.11 Å². The summed E-state index contributed by atoms with van der Waals surface area (Å²) in [4.78, 5) is 23.4. The number of methoxy groups -OCH3 is 1. The van der Waals surface area contributed by atoms with Crippen molar-refractivity contribution in [2.24, 2.45) is 0 Å². The van der Waals surface area contributed by atoms with E-state index in [1.165, 1.54) is 13.2 Å². The average molecular weight is 353 g/mol. The molecule has 2 aromatic rings. The van der Waals surface area contributed by atoms with Crippen molar-refractivity contribution in [3.05, 3.63) is 87.1 Å². The van der Waals surface area contributed by atoms with Crippen LogP contribution in [0, 0.1) is 10.1 Å². The molecule has 0 aromatic heterocycles. The Morgan fingerprint density at radius 2 is 1.77 bits per heavy atom. The van der Waals surface area contributed by atoms with E-state index in [1.807, 2.05) is 30.3 Å². The normalized spacial score (nSPS) is 19.6. The molecule has 0 saturated heterocycles. The van der Waals surface area contributed by atoms with E-state index >= 15 is 0 Å². The van der Waals surface area contributed by atoms with E-state index in [1.54, 1.807) is 25.1 Å². The molecule has 134 valence electrons. The number of ether oxygens (including phenoxy) is 1. The third-order valence-electron chi connectivity index (χ3n) is 4.37. The van der Waals surface area contributed by atoms with Gasteiger partial charge in [0.15, 0.2) is 0 Å². The fraction of sp³-hybridized carbons (Fsp3) is 0.211. The zero-order valence-electron chi connectivity index (χ0n) is 14.4. The molecule has 2 aromatic carbocycles. The number of hydrogen-bond donors (Lipinski definition) is 2. The molecule has 1 aliphatic rings. The highest BCUT2D eigenvalue weighted by Gasteiger charge is 2.36. The monoisotopic (exact) mass is 353 g/mol. The van der Waals surface area contributed by atoms with Gasteiger partial charge in [0.05, 0.1) is 29.2 Å². The quantitative estimate of drug-likeness (QED) is 0.499. The molecular weight excluding hydrogens is 334 g/mol. The number of benzene rings is 2. The van der Waals surface area contributed by atoms with Crippen LogP contribution in [-0.4, -0.2) is 18.0 Å². The van der Waals surface area contributed by atoms with Crippen LogP contribution in [0.4, 0.5) is 5.69 Å². The number of allylic oxidation sites excluding steroid dienone is 1. The lowest BCUT2D eigenvalue weighted by Gasteiger charge is -2.35. The first-order valence-corrected chi connectivity index (χ1v) is 8.13. The van der Waals surface area contributed by atoms with E-state index in [-0.39, 0.29) is 11.9 Å². The highest BCUT2D eigenvalue weighted by atomic mass is 16.6. The lowest BCUT2D eigenvalue weighted by Crippen LogP contribution is -2.44. The summed E-state index contributed by atoms with van der Waals surface area (Å²) in [6.07, 6.45) is -0.297. The molecule has 0 bridgehead atoms. The van der Waals surface area contributed by atoms with Gasteiger partial charge < -0.3 is 10.1 Å². The topological polar surface area (TPSA) is 93.5 Å². The van der Waals surface area contributed by atoms with Crippen LogP contribution in [0.1, 0.15) is 30.3 Å². The van der Waals surface area contributed by atoms with Gasteiger partial charge in [0.25, 0.3) is 5.69 Å². The van der Waals surface area contributed by atoms with Gasteiger partial charge in [-0.2, -0.15) is 0 Å². The Balaban J connectivity index is 2.11. The molecule has 1 heterocycles. The van der Waals surface area contributed by atoms with E-state index in [0.717, 1.165) is 5.56 Å². The highest BCUT2D eigenvalue weighted by Crippen LogP contribution is 2.36. The molecule has 1 aliphatic heterocycles. The average Bonchev–Trinajstić information content (AvgIpc) is 2.67. The number of carbonyl (C=O) groups is 1. The Morgan fingerprint density at radius 1 is 1.12 bits per heavy atom. The van der Waals surface area contributed by atoms with Crippen LogP contribution in [0.3, 0.4) is 0 Å². The minimum absolute atomic E-state index is 0.0482. The minimum atomic E-state index is -0.671. The van der Waals surface area contributed by atoms with Gasteiger partial charge >= 0.3 is 5.97 Å². The SMILES string of the molecule is COC(=O)C1=C(C)N[C@H](c2ccccc2)N[C@H]1c1ccccc1[N+](=O)[O-]. The zero-order valence-corrected chi connectivity index (χ0v) is 14.4. The van der Waals surface area contributed by atoms with Crippen LogP contribution >= 0.6 is 0 Å². The maximum absolute atomic E-state index is 12.4. The summed E-state index contributed by atoms with van der Waals surface area (Å²) in [6.45, 7) is 1.77. The predicted molar refractivity (Wildman–Crippen MR) is 96.0 cm³/mol. The Hall–Kier alpha value is -3.19. The first kappa shape index (κ1) is 17.6. The lowest BCUT2D eigenvalue weighted by atomic mass is 9.92. The number of esters is 1. The summed E-state index contributed by atoms with van der Waals surface area (Å²) in [5, 5.41) is 18.0. The van der Waals surface area contributed by atoms with Crippen LogP contribution in [0.5, 0.6) is 0 Å². The third kappa shape index (κ3) is 3.29. The summed E-state index contributed by atoms with van der Waals surface area (Å²) >= 11 is 0. The number of carbonyl (C=O) groups excluding carboxylic acids is 1. The van der Waals surface area contributed by atoms with Crippen LogP contribution in [0.15, 0.2) is 65.9 Å². The molecule has 7 heteroatoms. The maximum atomic E-state index is 12.4. The molecule has 0 saturated carbocycles. The molecule has 3 rings (SSSR count). The van der Waals surface area contributed by atoms with E-state index in [4.69, 9.17) is 4.74 Å². The van der Waals surface area contributed by atoms with Gasteiger partial charge in [-0.1, -0.05) is 48.5 Å². The number of hydrogen-bond acceptors (Lipinski definition) is 6. The van der Waals surface area contributed by atoms with Gasteiger partial charge in [-0.15, -0.1) is 0 Å².